The van der Waals surface area contributed by atoms with Crippen LogP contribution in [0.25, 0.3) is 0 Å². The lowest BCUT2D eigenvalue weighted by Crippen LogP contribution is -2.41. The topological polar surface area (TPSA) is 63.6 Å². The van der Waals surface area contributed by atoms with Gasteiger partial charge in [-0.1, -0.05) is 6.42 Å². The van der Waals surface area contributed by atoms with E-state index in [0.717, 1.165) is 6.42 Å². The molecule has 1 N–H and O–H groups in total. The molecule has 0 heterocycles. The predicted molar refractivity (Wildman–Crippen MR) is 54.4 cm³/mol. The van der Waals surface area contributed by atoms with Crippen LogP contribution in [-0.2, 0) is 14.3 Å². The molecule has 4 nitrogen and oxygen atoms in total. The maximum atomic E-state index is 11.5. The molecule has 0 atom stereocenters. The third-order valence-corrected chi connectivity index (χ3v) is 2.67. The first-order valence-corrected chi connectivity index (χ1v) is 5.20. The fourth-order valence-corrected chi connectivity index (χ4v) is 1.72. The molecule has 0 aromatic rings. The summed E-state index contributed by atoms with van der Waals surface area (Å²) < 4.78 is 5.12. The van der Waals surface area contributed by atoms with E-state index in [0.29, 0.717) is 12.8 Å². The highest BCUT2D eigenvalue weighted by Crippen LogP contribution is 2.44. The number of hydrogen-bond donors (Lipinski definition) is 1. The molecule has 1 fully saturated rings. The van der Waals surface area contributed by atoms with Gasteiger partial charge in [0.15, 0.2) is 0 Å². The van der Waals surface area contributed by atoms with Gasteiger partial charge >= 0.3 is 11.9 Å². The number of aliphatic carboxylic acids is 1. The van der Waals surface area contributed by atoms with Gasteiger partial charge in [-0.3, -0.25) is 9.59 Å². The molecule has 0 aromatic heterocycles. The summed E-state index contributed by atoms with van der Waals surface area (Å²) in [4.78, 5) is 22.5. The molecular formula is C11H18O4. The zero-order valence-electron chi connectivity index (χ0n) is 9.50. The maximum absolute atomic E-state index is 11.5. The van der Waals surface area contributed by atoms with Gasteiger partial charge in [-0.2, -0.15) is 0 Å². The Hall–Kier alpha value is -1.06. The Morgan fingerprint density at radius 1 is 1.33 bits per heavy atom. The van der Waals surface area contributed by atoms with Crippen molar-refractivity contribution < 1.29 is 19.4 Å². The zero-order valence-corrected chi connectivity index (χ0v) is 9.50. The summed E-state index contributed by atoms with van der Waals surface area (Å²) in [7, 11) is 0. The number of carbonyl (C=O) groups is 2. The number of hydrogen-bond acceptors (Lipinski definition) is 3. The number of carbonyl (C=O) groups excluding carboxylic acids is 1. The third-order valence-electron chi connectivity index (χ3n) is 2.67. The Bertz CT molecular complexity index is 271. The average molecular weight is 214 g/mol. The normalized spacial score (nSPS) is 19.1. The lowest BCUT2D eigenvalue weighted by Gasteiger charge is -2.37. The van der Waals surface area contributed by atoms with E-state index in [1.54, 1.807) is 20.8 Å². The van der Waals surface area contributed by atoms with Crippen molar-refractivity contribution in [3.8, 4) is 0 Å². The summed E-state index contributed by atoms with van der Waals surface area (Å²) in [6, 6.07) is 0. The van der Waals surface area contributed by atoms with Gasteiger partial charge < -0.3 is 9.84 Å². The number of ether oxygens (including phenoxy) is 1. The quantitative estimate of drug-likeness (QED) is 0.729. The monoisotopic (exact) mass is 214 g/mol. The van der Waals surface area contributed by atoms with Crippen LogP contribution in [0.5, 0.6) is 0 Å². The lowest BCUT2D eigenvalue weighted by atomic mass is 9.67. The molecule has 0 aromatic carbocycles. The molecule has 0 saturated heterocycles. The van der Waals surface area contributed by atoms with Crippen LogP contribution in [0.4, 0.5) is 0 Å². The minimum Gasteiger partial charge on any atom is -0.481 e. The zero-order chi connectivity index (χ0) is 11.7. The van der Waals surface area contributed by atoms with Crippen molar-refractivity contribution in [2.75, 3.05) is 0 Å². The van der Waals surface area contributed by atoms with Gasteiger partial charge in [0.2, 0.25) is 0 Å². The molecular weight excluding hydrogens is 196 g/mol. The maximum Gasteiger partial charge on any atom is 0.310 e. The van der Waals surface area contributed by atoms with Crippen LogP contribution in [0.2, 0.25) is 0 Å². The Balaban J connectivity index is 2.54. The minimum atomic E-state index is -0.875. The van der Waals surface area contributed by atoms with E-state index >= 15 is 0 Å². The first-order valence-electron chi connectivity index (χ1n) is 5.20. The van der Waals surface area contributed by atoms with Gasteiger partial charge in [0.1, 0.15) is 5.60 Å². The summed E-state index contributed by atoms with van der Waals surface area (Å²) in [5.41, 5.74) is -1.39. The molecule has 1 saturated carbocycles. The molecule has 1 aliphatic carbocycles. The van der Waals surface area contributed by atoms with Crippen molar-refractivity contribution >= 4 is 11.9 Å². The van der Waals surface area contributed by atoms with Crippen LogP contribution in [0, 0.1) is 5.41 Å². The molecule has 0 radical (unpaired) electrons. The highest BCUT2D eigenvalue weighted by atomic mass is 16.6. The number of carboxylic acids is 1. The van der Waals surface area contributed by atoms with E-state index in [4.69, 9.17) is 9.84 Å². The van der Waals surface area contributed by atoms with Crippen molar-refractivity contribution in [3.05, 3.63) is 0 Å². The van der Waals surface area contributed by atoms with E-state index in [2.05, 4.69) is 0 Å². The Labute approximate surface area is 89.6 Å². The van der Waals surface area contributed by atoms with Gasteiger partial charge in [0, 0.05) is 0 Å². The van der Waals surface area contributed by atoms with Gasteiger partial charge in [-0.05, 0) is 33.6 Å². The van der Waals surface area contributed by atoms with E-state index in [1.165, 1.54) is 0 Å². The van der Waals surface area contributed by atoms with E-state index in [9.17, 15) is 9.59 Å². The van der Waals surface area contributed by atoms with Crippen molar-refractivity contribution in [2.45, 2.75) is 52.1 Å². The molecule has 0 bridgehead atoms. The summed E-state index contributed by atoms with van der Waals surface area (Å²) in [5, 5.41) is 9.02. The van der Waals surface area contributed by atoms with Crippen LogP contribution < -0.4 is 0 Å². The van der Waals surface area contributed by atoms with Crippen LogP contribution in [0.3, 0.4) is 0 Å². The van der Waals surface area contributed by atoms with Crippen molar-refractivity contribution in [1.29, 1.82) is 0 Å². The van der Waals surface area contributed by atoms with Crippen molar-refractivity contribution in [1.82, 2.24) is 0 Å². The van der Waals surface area contributed by atoms with E-state index < -0.39 is 23.0 Å². The van der Waals surface area contributed by atoms with Crippen molar-refractivity contribution in [2.24, 2.45) is 5.41 Å². The SMILES string of the molecule is CC(C)(C)OC(=O)CC1(C(=O)O)CCC1. The number of esters is 1. The Morgan fingerprint density at radius 3 is 2.13 bits per heavy atom. The summed E-state index contributed by atoms with van der Waals surface area (Å²) in [6.07, 6.45) is 2.05. The minimum absolute atomic E-state index is 0.000394. The first kappa shape index (κ1) is 12.0. The lowest BCUT2D eigenvalue weighted by molar-refractivity contribution is -0.169. The van der Waals surface area contributed by atoms with Gasteiger partial charge in [0.25, 0.3) is 0 Å². The van der Waals surface area contributed by atoms with Crippen LogP contribution >= 0.6 is 0 Å². The Morgan fingerprint density at radius 2 is 1.87 bits per heavy atom. The Kier molecular flexibility index (Phi) is 3.07. The largest absolute Gasteiger partial charge is 0.481 e. The summed E-state index contributed by atoms with van der Waals surface area (Å²) >= 11 is 0. The molecule has 0 aliphatic heterocycles. The number of rotatable bonds is 3. The first-order chi connectivity index (χ1) is 6.75. The second-order valence-corrected chi connectivity index (χ2v) is 5.20. The third kappa shape index (κ3) is 2.94. The van der Waals surface area contributed by atoms with E-state index in [1.807, 2.05) is 0 Å². The van der Waals surface area contributed by atoms with Gasteiger partial charge in [0.05, 0.1) is 11.8 Å². The molecule has 0 amide bonds. The second kappa shape index (κ2) is 3.83. The standard InChI is InChI=1S/C11H18O4/c1-10(2,3)15-8(12)7-11(9(13)14)5-4-6-11/h4-7H2,1-3H3,(H,13,14). The molecule has 4 heteroatoms. The molecule has 1 aliphatic rings. The molecule has 1 rings (SSSR count). The van der Waals surface area contributed by atoms with Gasteiger partial charge in [-0.25, -0.2) is 0 Å². The van der Waals surface area contributed by atoms with Crippen LogP contribution in [0.15, 0.2) is 0 Å². The summed E-state index contributed by atoms with van der Waals surface area (Å²) in [6.45, 7) is 5.33. The summed E-state index contributed by atoms with van der Waals surface area (Å²) in [5.74, 6) is -1.29. The fourth-order valence-electron chi connectivity index (χ4n) is 1.72. The highest BCUT2D eigenvalue weighted by Gasteiger charge is 2.46. The fraction of sp³-hybridized carbons (Fsp3) is 0.818. The smallest absolute Gasteiger partial charge is 0.310 e. The molecule has 86 valence electrons. The molecule has 0 unspecified atom stereocenters. The van der Waals surface area contributed by atoms with Crippen molar-refractivity contribution in [3.63, 3.8) is 0 Å². The highest BCUT2D eigenvalue weighted by molar-refractivity contribution is 5.83. The average Bonchev–Trinajstić information content (AvgIpc) is 1.92. The predicted octanol–water partition coefficient (Wildman–Crippen LogP) is 1.97. The molecule has 15 heavy (non-hydrogen) atoms. The van der Waals surface area contributed by atoms with Crippen LogP contribution in [-0.4, -0.2) is 22.6 Å². The molecule has 0 spiro atoms. The van der Waals surface area contributed by atoms with Crippen LogP contribution in [0.1, 0.15) is 46.5 Å². The van der Waals surface area contributed by atoms with E-state index in [-0.39, 0.29) is 6.42 Å². The second-order valence-electron chi connectivity index (χ2n) is 5.20. The number of carboxylic acid groups (broad SMARTS) is 1. The van der Waals surface area contributed by atoms with Gasteiger partial charge in [-0.15, -0.1) is 0 Å².